The largest absolute Gasteiger partial charge is 0.291 e. The molecular weight excluding hydrogens is 329 g/mol. The van der Waals surface area contributed by atoms with E-state index in [1.54, 1.807) is 11.2 Å². The van der Waals surface area contributed by atoms with Gasteiger partial charge in [-0.2, -0.15) is 10.2 Å². The molecule has 1 aliphatic rings. The van der Waals surface area contributed by atoms with Crippen molar-refractivity contribution in [3.8, 4) is 6.07 Å². The summed E-state index contributed by atoms with van der Waals surface area (Å²) >= 11 is 2.15. The molecule has 1 saturated carbocycles. The molecule has 6 heteroatoms. The summed E-state index contributed by atoms with van der Waals surface area (Å²) in [5.41, 5.74) is 0. The van der Waals surface area contributed by atoms with Crippen LogP contribution in [0.4, 0.5) is 5.82 Å². The van der Waals surface area contributed by atoms with E-state index in [0.29, 0.717) is 11.9 Å². The molecule has 1 aliphatic carbocycles. The van der Waals surface area contributed by atoms with Crippen molar-refractivity contribution < 1.29 is 0 Å². The highest BCUT2D eigenvalue weighted by Crippen LogP contribution is 2.26. The summed E-state index contributed by atoms with van der Waals surface area (Å²) in [7, 11) is 0. The van der Waals surface area contributed by atoms with Gasteiger partial charge in [-0.05, 0) is 35.4 Å². The fraction of sp³-hybridized carbons (Fsp3) is 0.545. The Labute approximate surface area is 114 Å². The van der Waals surface area contributed by atoms with E-state index in [1.807, 2.05) is 6.07 Å². The van der Waals surface area contributed by atoms with E-state index < -0.39 is 0 Å². The molecule has 0 bridgehead atoms. The highest BCUT2D eigenvalue weighted by atomic mass is 127. The average Bonchev–Trinajstić information content (AvgIpc) is 2.39. The molecule has 0 amide bonds. The minimum Gasteiger partial charge on any atom is -0.291 e. The first-order chi connectivity index (χ1) is 8.22. The second kappa shape index (κ2) is 5.60. The average molecular weight is 343 g/mol. The van der Waals surface area contributed by atoms with Gasteiger partial charge in [0.15, 0.2) is 5.82 Å². The van der Waals surface area contributed by atoms with Crippen molar-refractivity contribution in [1.82, 2.24) is 9.97 Å². The number of nitrogens with zero attached hydrogens (tertiary/aromatic N) is 4. The molecule has 90 valence electrons. The molecule has 1 aromatic heterocycles. The maximum Gasteiger partial charge on any atom is 0.234 e. The number of nitriles is 1. The first-order valence-electron chi connectivity index (χ1n) is 5.69. The van der Waals surface area contributed by atoms with Gasteiger partial charge in [0.05, 0.1) is 3.57 Å². The van der Waals surface area contributed by atoms with Crippen molar-refractivity contribution in [2.45, 2.75) is 38.1 Å². The summed E-state index contributed by atoms with van der Waals surface area (Å²) in [6, 6.07) is 2.28. The Morgan fingerprint density at radius 1 is 1.41 bits per heavy atom. The second-order valence-corrected chi connectivity index (χ2v) is 5.34. The lowest BCUT2D eigenvalue weighted by molar-refractivity contribution is 0.415. The van der Waals surface area contributed by atoms with Crippen LogP contribution in [0.2, 0.25) is 0 Å². The van der Waals surface area contributed by atoms with Crippen LogP contribution >= 0.6 is 22.6 Å². The molecule has 5 nitrogen and oxygen atoms in total. The Morgan fingerprint density at radius 3 is 2.76 bits per heavy atom. The highest BCUT2D eigenvalue weighted by Gasteiger charge is 2.22. The summed E-state index contributed by atoms with van der Waals surface area (Å²) in [6.45, 7) is 0. The van der Waals surface area contributed by atoms with Gasteiger partial charge >= 0.3 is 0 Å². The van der Waals surface area contributed by atoms with E-state index in [4.69, 9.17) is 11.1 Å². The molecule has 0 aliphatic heterocycles. The summed E-state index contributed by atoms with van der Waals surface area (Å²) in [6.07, 6.45) is 7.55. The predicted octanol–water partition coefficient (Wildman–Crippen LogP) is 1.97. The van der Waals surface area contributed by atoms with Gasteiger partial charge in [0.25, 0.3) is 0 Å². The zero-order valence-electron chi connectivity index (χ0n) is 9.43. The number of hydrogen-bond donors (Lipinski definition) is 1. The minimum atomic E-state index is 0.173. The molecule has 0 aromatic carbocycles. The molecule has 0 unspecified atom stereocenters. The van der Waals surface area contributed by atoms with E-state index in [1.165, 1.54) is 19.3 Å². The van der Waals surface area contributed by atoms with Gasteiger partial charge in [0.1, 0.15) is 6.07 Å². The molecule has 0 spiro atoms. The van der Waals surface area contributed by atoms with Crippen molar-refractivity contribution in [3.05, 3.63) is 15.6 Å². The fourth-order valence-corrected chi connectivity index (χ4v) is 2.66. The molecule has 17 heavy (non-hydrogen) atoms. The van der Waals surface area contributed by atoms with Crippen molar-refractivity contribution in [2.24, 2.45) is 5.84 Å². The van der Waals surface area contributed by atoms with Crippen LogP contribution in [-0.2, 0) is 0 Å². The molecule has 1 aromatic rings. The summed E-state index contributed by atoms with van der Waals surface area (Å²) in [4.78, 5) is 8.11. The number of nitrogens with two attached hydrogens (primary N) is 1. The van der Waals surface area contributed by atoms with Crippen LogP contribution in [-0.4, -0.2) is 16.0 Å². The number of anilines is 1. The summed E-state index contributed by atoms with van der Waals surface area (Å²) in [5, 5.41) is 10.5. The van der Waals surface area contributed by atoms with E-state index in [9.17, 15) is 0 Å². The summed E-state index contributed by atoms with van der Waals surface area (Å²) < 4.78 is 0.884. The third-order valence-electron chi connectivity index (χ3n) is 3.04. The van der Waals surface area contributed by atoms with Crippen LogP contribution in [0.3, 0.4) is 0 Å². The zero-order valence-corrected chi connectivity index (χ0v) is 11.6. The van der Waals surface area contributed by atoms with E-state index >= 15 is 0 Å². The van der Waals surface area contributed by atoms with Crippen LogP contribution in [0, 0.1) is 14.9 Å². The Morgan fingerprint density at radius 2 is 2.12 bits per heavy atom. The van der Waals surface area contributed by atoms with E-state index in [2.05, 4.69) is 32.6 Å². The zero-order chi connectivity index (χ0) is 12.3. The molecular formula is C11H14IN5. The molecule has 1 heterocycles. The SMILES string of the molecule is N#Cc1ncc(I)c(N(N)C2CCCCC2)n1. The van der Waals surface area contributed by atoms with E-state index in [-0.39, 0.29) is 5.82 Å². The lowest BCUT2D eigenvalue weighted by Gasteiger charge is -2.31. The first kappa shape index (κ1) is 12.5. The number of halogens is 1. The lowest BCUT2D eigenvalue weighted by Crippen LogP contribution is -2.43. The third kappa shape index (κ3) is 2.84. The van der Waals surface area contributed by atoms with Crippen LogP contribution in [0.15, 0.2) is 6.20 Å². The Kier molecular flexibility index (Phi) is 4.12. The maximum atomic E-state index is 8.81. The van der Waals surface area contributed by atoms with Gasteiger partial charge in [-0.3, -0.25) is 5.01 Å². The summed E-state index contributed by atoms with van der Waals surface area (Å²) in [5.74, 6) is 6.97. The smallest absolute Gasteiger partial charge is 0.234 e. The Balaban J connectivity index is 2.23. The molecule has 2 N–H and O–H groups in total. The molecule has 0 atom stereocenters. The fourth-order valence-electron chi connectivity index (χ4n) is 2.13. The number of aromatic nitrogens is 2. The van der Waals surface area contributed by atoms with E-state index in [0.717, 1.165) is 16.4 Å². The normalized spacial score (nSPS) is 16.5. The molecule has 1 fully saturated rings. The maximum absolute atomic E-state index is 8.81. The highest BCUT2D eigenvalue weighted by molar-refractivity contribution is 14.1. The van der Waals surface area contributed by atoms with Crippen LogP contribution in [0.5, 0.6) is 0 Å². The van der Waals surface area contributed by atoms with Crippen molar-refractivity contribution in [3.63, 3.8) is 0 Å². The molecule has 2 rings (SSSR count). The number of hydrogen-bond acceptors (Lipinski definition) is 5. The first-order valence-corrected chi connectivity index (χ1v) is 6.77. The van der Waals surface area contributed by atoms with Crippen molar-refractivity contribution in [1.29, 1.82) is 5.26 Å². The minimum absolute atomic E-state index is 0.173. The molecule has 0 radical (unpaired) electrons. The van der Waals surface area contributed by atoms with Gasteiger partial charge in [-0.1, -0.05) is 19.3 Å². The van der Waals surface area contributed by atoms with Crippen LogP contribution < -0.4 is 10.9 Å². The number of hydrazine groups is 1. The van der Waals surface area contributed by atoms with Crippen molar-refractivity contribution in [2.75, 3.05) is 5.01 Å². The van der Waals surface area contributed by atoms with Gasteiger partial charge in [0.2, 0.25) is 5.82 Å². The van der Waals surface area contributed by atoms with Gasteiger partial charge in [0, 0.05) is 12.2 Å². The quantitative estimate of drug-likeness (QED) is 0.505. The van der Waals surface area contributed by atoms with Gasteiger partial charge < -0.3 is 0 Å². The monoisotopic (exact) mass is 343 g/mol. The van der Waals surface area contributed by atoms with Gasteiger partial charge in [-0.15, -0.1) is 0 Å². The predicted molar refractivity (Wildman–Crippen MR) is 73.0 cm³/mol. The Bertz CT molecular complexity index is 436. The standard InChI is InChI=1S/C11H14IN5/c12-9-7-15-10(6-13)16-11(9)17(14)8-4-2-1-3-5-8/h7-8H,1-5,14H2. The van der Waals surface area contributed by atoms with Crippen molar-refractivity contribution >= 4 is 28.4 Å². The number of rotatable bonds is 2. The molecule has 0 saturated heterocycles. The third-order valence-corrected chi connectivity index (χ3v) is 3.80. The topological polar surface area (TPSA) is 78.8 Å². The van der Waals surface area contributed by atoms with Crippen LogP contribution in [0.1, 0.15) is 37.9 Å². The van der Waals surface area contributed by atoms with Gasteiger partial charge in [-0.25, -0.2) is 10.8 Å². The Hall–Kier alpha value is -0.940. The van der Waals surface area contributed by atoms with Crippen LogP contribution in [0.25, 0.3) is 0 Å². The lowest BCUT2D eigenvalue weighted by atomic mass is 9.95. The second-order valence-electron chi connectivity index (χ2n) is 4.18.